The number of carbonyl (C=O) groups excluding carboxylic acids is 1. The fourth-order valence-corrected chi connectivity index (χ4v) is 2.22. The van der Waals surface area contributed by atoms with E-state index in [4.69, 9.17) is 4.42 Å². The highest BCUT2D eigenvalue weighted by Crippen LogP contribution is 2.24. The summed E-state index contributed by atoms with van der Waals surface area (Å²) in [5, 5.41) is 3.71. The van der Waals surface area contributed by atoms with Gasteiger partial charge in [-0.1, -0.05) is 29.0 Å². The number of amides is 1. The smallest absolute Gasteiger partial charge is 0.255 e. The van der Waals surface area contributed by atoms with Crippen molar-refractivity contribution in [1.29, 1.82) is 0 Å². The van der Waals surface area contributed by atoms with E-state index in [0.29, 0.717) is 17.9 Å². The Morgan fingerprint density at radius 2 is 2.24 bits per heavy atom. The molecule has 0 saturated heterocycles. The molecule has 2 aromatic rings. The molecule has 5 heteroatoms. The lowest BCUT2D eigenvalue weighted by Crippen LogP contribution is -2.25. The van der Waals surface area contributed by atoms with E-state index in [1.54, 1.807) is 0 Å². The second-order valence-electron chi connectivity index (χ2n) is 3.62. The first-order valence-corrected chi connectivity index (χ1v) is 7.30. The van der Waals surface area contributed by atoms with Gasteiger partial charge in [0.25, 0.3) is 5.91 Å². The van der Waals surface area contributed by atoms with Gasteiger partial charge < -0.3 is 9.73 Å². The van der Waals surface area contributed by atoms with Crippen LogP contribution < -0.4 is 5.32 Å². The van der Waals surface area contributed by atoms with Crippen molar-refractivity contribution in [2.75, 3.05) is 12.3 Å². The summed E-state index contributed by atoms with van der Waals surface area (Å²) in [5.41, 5.74) is 1.38. The molecule has 1 N–H and O–H groups in total. The number of rotatable bonds is 4. The molecule has 0 spiro atoms. The first-order chi connectivity index (χ1) is 8.24. The van der Waals surface area contributed by atoms with Crippen LogP contribution in [0.2, 0.25) is 0 Å². The zero-order chi connectivity index (χ0) is 12.3. The number of nitrogens with one attached hydrogen (secondary N) is 1. The first kappa shape index (κ1) is 12.4. The van der Waals surface area contributed by atoms with Crippen LogP contribution in [-0.4, -0.2) is 18.2 Å². The van der Waals surface area contributed by atoms with Crippen LogP contribution in [0, 0.1) is 6.92 Å². The van der Waals surface area contributed by atoms with Crippen LogP contribution in [0.1, 0.15) is 16.1 Å². The van der Waals surface area contributed by atoms with E-state index < -0.39 is 0 Å². The molecule has 2 rings (SSSR count). The lowest BCUT2D eigenvalue weighted by atomic mass is 10.1. The maximum atomic E-state index is 12.0. The van der Waals surface area contributed by atoms with Crippen molar-refractivity contribution in [2.24, 2.45) is 0 Å². The van der Waals surface area contributed by atoms with Gasteiger partial charge in [-0.05, 0) is 13.0 Å². The van der Waals surface area contributed by atoms with Crippen molar-refractivity contribution < 1.29 is 9.21 Å². The molecule has 0 saturated carbocycles. The van der Waals surface area contributed by atoms with Gasteiger partial charge in [0.05, 0.1) is 5.56 Å². The molecule has 1 aromatic heterocycles. The molecule has 0 radical (unpaired) electrons. The van der Waals surface area contributed by atoms with E-state index in [1.807, 2.05) is 31.2 Å². The predicted molar refractivity (Wildman–Crippen MR) is 74.7 cm³/mol. The molecule has 1 heterocycles. The topological polar surface area (TPSA) is 42.2 Å². The average molecular weight is 267 g/mol. The summed E-state index contributed by atoms with van der Waals surface area (Å²) in [6.45, 7) is 2.41. The third-order valence-corrected chi connectivity index (χ3v) is 3.41. The molecule has 0 aliphatic heterocycles. The van der Waals surface area contributed by atoms with E-state index in [1.165, 1.54) is 10.8 Å². The summed E-state index contributed by atoms with van der Waals surface area (Å²) in [6.07, 6.45) is 0. The minimum absolute atomic E-state index is 0.0881. The highest BCUT2D eigenvalue weighted by Gasteiger charge is 2.16. The maximum absolute atomic E-state index is 12.0. The van der Waals surface area contributed by atoms with Gasteiger partial charge in [-0.15, -0.1) is 11.7 Å². The van der Waals surface area contributed by atoms with E-state index in [2.05, 4.69) is 17.0 Å². The van der Waals surface area contributed by atoms with Crippen LogP contribution in [0.4, 0.5) is 0 Å². The molecular formula is C12H13NO2S2. The van der Waals surface area contributed by atoms with Crippen LogP contribution >= 0.6 is 22.5 Å². The molecule has 3 nitrogen and oxygen atoms in total. The van der Waals surface area contributed by atoms with E-state index >= 15 is 0 Å². The number of aryl methyl sites for hydroxylation is 1. The second kappa shape index (κ2) is 5.51. The summed E-state index contributed by atoms with van der Waals surface area (Å²) < 4.78 is 5.55. The standard InChI is InChI=1S/C12H13NO2S2/c1-8-11(12(14)13-6-7-17-16)9-4-2-3-5-10(9)15-8/h2-5,16H,6-7H2,1H3,(H,13,14). The minimum atomic E-state index is -0.0881. The average Bonchev–Trinajstić information content (AvgIpc) is 2.65. The first-order valence-electron chi connectivity index (χ1n) is 5.26. The zero-order valence-electron chi connectivity index (χ0n) is 9.40. The van der Waals surface area contributed by atoms with Gasteiger partial charge in [-0.3, -0.25) is 4.79 Å². The van der Waals surface area contributed by atoms with Crippen molar-refractivity contribution in [3.05, 3.63) is 35.6 Å². The molecule has 0 unspecified atom stereocenters. The van der Waals surface area contributed by atoms with Crippen LogP contribution in [-0.2, 0) is 0 Å². The van der Waals surface area contributed by atoms with Crippen molar-refractivity contribution in [1.82, 2.24) is 5.32 Å². The Morgan fingerprint density at radius 1 is 1.47 bits per heavy atom. The summed E-state index contributed by atoms with van der Waals surface area (Å²) in [5.74, 6) is 1.35. The van der Waals surface area contributed by atoms with Crippen molar-refractivity contribution in [3.8, 4) is 0 Å². The summed E-state index contributed by atoms with van der Waals surface area (Å²) in [7, 11) is 1.40. The van der Waals surface area contributed by atoms with E-state index in [-0.39, 0.29) is 5.91 Å². The number of benzene rings is 1. The lowest BCUT2D eigenvalue weighted by Gasteiger charge is -2.02. The van der Waals surface area contributed by atoms with Gasteiger partial charge in [0.1, 0.15) is 11.3 Å². The largest absolute Gasteiger partial charge is 0.461 e. The molecule has 0 atom stereocenters. The zero-order valence-corrected chi connectivity index (χ0v) is 11.1. The Bertz CT molecular complexity index is 536. The lowest BCUT2D eigenvalue weighted by molar-refractivity contribution is 0.0956. The normalized spacial score (nSPS) is 10.7. The van der Waals surface area contributed by atoms with Crippen LogP contribution in [0.5, 0.6) is 0 Å². The van der Waals surface area contributed by atoms with E-state index in [9.17, 15) is 4.79 Å². The summed E-state index contributed by atoms with van der Waals surface area (Å²) >= 11 is 4.02. The van der Waals surface area contributed by atoms with Gasteiger partial charge in [0.2, 0.25) is 0 Å². The fraction of sp³-hybridized carbons (Fsp3) is 0.250. The summed E-state index contributed by atoms with van der Waals surface area (Å²) in [6, 6.07) is 7.55. The molecule has 1 aromatic carbocycles. The number of thiol groups is 1. The number of carbonyl (C=O) groups is 1. The van der Waals surface area contributed by atoms with Crippen molar-refractivity contribution in [3.63, 3.8) is 0 Å². The third-order valence-electron chi connectivity index (χ3n) is 2.48. The number of furan rings is 1. The Balaban J connectivity index is 2.28. The Kier molecular flexibility index (Phi) is 4.02. The van der Waals surface area contributed by atoms with Crippen LogP contribution in [0.15, 0.2) is 28.7 Å². The quantitative estimate of drug-likeness (QED) is 0.508. The third kappa shape index (κ3) is 2.61. The minimum Gasteiger partial charge on any atom is -0.461 e. The SMILES string of the molecule is Cc1oc2ccccc2c1C(=O)NCCSS. The number of hydrogen-bond acceptors (Lipinski definition) is 4. The highest BCUT2D eigenvalue weighted by molar-refractivity contribution is 8.68. The molecule has 90 valence electrons. The van der Waals surface area contributed by atoms with Crippen molar-refractivity contribution in [2.45, 2.75) is 6.92 Å². The van der Waals surface area contributed by atoms with E-state index in [0.717, 1.165) is 16.7 Å². The monoisotopic (exact) mass is 267 g/mol. The molecule has 1 amide bonds. The fourth-order valence-electron chi connectivity index (χ4n) is 1.75. The Hall–Kier alpha value is -1.07. The number of hydrogen-bond donors (Lipinski definition) is 2. The maximum Gasteiger partial charge on any atom is 0.255 e. The molecular weight excluding hydrogens is 254 g/mol. The molecule has 0 aliphatic carbocycles. The highest BCUT2D eigenvalue weighted by atomic mass is 33.1. The van der Waals surface area contributed by atoms with Crippen molar-refractivity contribution >= 4 is 39.3 Å². The Morgan fingerprint density at radius 3 is 3.00 bits per heavy atom. The van der Waals surface area contributed by atoms with Gasteiger partial charge in [-0.2, -0.15) is 0 Å². The van der Waals surface area contributed by atoms with Gasteiger partial charge in [-0.25, -0.2) is 0 Å². The molecule has 0 fully saturated rings. The van der Waals surface area contributed by atoms with Crippen LogP contribution in [0.25, 0.3) is 11.0 Å². The van der Waals surface area contributed by atoms with Gasteiger partial charge in [0.15, 0.2) is 0 Å². The summed E-state index contributed by atoms with van der Waals surface area (Å²) in [4.78, 5) is 12.0. The van der Waals surface area contributed by atoms with Gasteiger partial charge >= 0.3 is 0 Å². The molecule has 0 bridgehead atoms. The van der Waals surface area contributed by atoms with Crippen LogP contribution in [0.3, 0.4) is 0 Å². The molecule has 17 heavy (non-hydrogen) atoms. The predicted octanol–water partition coefficient (Wildman–Crippen LogP) is 3.05. The second-order valence-corrected chi connectivity index (χ2v) is 5.06. The molecule has 0 aliphatic rings. The number of fused-ring (bicyclic) bond motifs is 1. The van der Waals surface area contributed by atoms with Gasteiger partial charge in [0, 0.05) is 17.7 Å². The number of para-hydroxylation sites is 1. The Labute approximate surface area is 109 Å².